The van der Waals surface area contributed by atoms with Gasteiger partial charge in [-0.3, -0.25) is 0 Å². The molecule has 0 saturated carbocycles. The minimum Gasteiger partial charge on any atom is -0.497 e. The van der Waals surface area contributed by atoms with Crippen molar-refractivity contribution in [3.8, 4) is 5.75 Å². The van der Waals surface area contributed by atoms with E-state index < -0.39 is 0 Å². The fourth-order valence-corrected chi connectivity index (χ4v) is 2.05. The van der Waals surface area contributed by atoms with E-state index in [1.54, 1.807) is 24.2 Å². The number of ether oxygens (including phenoxy) is 1. The molecular weight excluding hydrogens is 264 g/mol. The van der Waals surface area contributed by atoms with Crippen LogP contribution in [0.1, 0.15) is 24.9 Å². The van der Waals surface area contributed by atoms with Gasteiger partial charge in [-0.25, -0.2) is 4.79 Å². The second kappa shape index (κ2) is 8.84. The zero-order valence-corrected chi connectivity index (χ0v) is 12.8. The number of nitrogens with zero attached hydrogens (tertiary/aromatic N) is 1. The van der Waals surface area contributed by atoms with E-state index in [0.29, 0.717) is 13.1 Å². The normalized spacial score (nSPS) is 11.3. The molecule has 1 unspecified atom stereocenters. The van der Waals surface area contributed by atoms with Crippen LogP contribution in [0.3, 0.4) is 0 Å². The Labute approximate surface area is 127 Å². The van der Waals surface area contributed by atoms with Crippen molar-refractivity contribution in [3.05, 3.63) is 55.1 Å². The average Bonchev–Trinajstić information content (AvgIpc) is 2.52. The van der Waals surface area contributed by atoms with Crippen LogP contribution in [0.15, 0.2) is 49.6 Å². The van der Waals surface area contributed by atoms with E-state index in [-0.39, 0.29) is 12.1 Å². The summed E-state index contributed by atoms with van der Waals surface area (Å²) in [7, 11) is 1.64. The van der Waals surface area contributed by atoms with Crippen LogP contribution in [0, 0.1) is 0 Å². The molecule has 0 aliphatic carbocycles. The molecule has 1 atom stereocenters. The van der Waals surface area contributed by atoms with Crippen LogP contribution in [-0.4, -0.2) is 31.1 Å². The Morgan fingerprint density at radius 1 is 1.29 bits per heavy atom. The van der Waals surface area contributed by atoms with Crippen LogP contribution >= 0.6 is 0 Å². The van der Waals surface area contributed by atoms with Crippen LogP contribution in [0.25, 0.3) is 0 Å². The number of methoxy groups -OCH3 is 1. The minimum atomic E-state index is -0.113. The van der Waals surface area contributed by atoms with Crippen LogP contribution in [-0.2, 0) is 0 Å². The minimum absolute atomic E-state index is 0.0273. The standard InChI is InChI=1S/C17H24N2O2/c1-5-12-19(13-6-2)17(20)18-16(7-3)14-8-10-15(21-4)11-9-14/h5-6,8-11,16H,1-2,7,12-13H2,3-4H3,(H,18,20). The summed E-state index contributed by atoms with van der Waals surface area (Å²) in [6.07, 6.45) is 4.23. The van der Waals surface area contributed by atoms with Crippen molar-refractivity contribution >= 4 is 6.03 Å². The molecule has 0 spiro atoms. The van der Waals surface area contributed by atoms with Crippen molar-refractivity contribution in [3.63, 3.8) is 0 Å². The van der Waals surface area contributed by atoms with Gasteiger partial charge in [-0.05, 0) is 24.1 Å². The molecule has 1 aromatic carbocycles. The molecule has 4 heteroatoms. The van der Waals surface area contributed by atoms with Crippen molar-refractivity contribution in [2.24, 2.45) is 0 Å². The smallest absolute Gasteiger partial charge is 0.318 e. The van der Waals surface area contributed by atoms with Crippen molar-refractivity contribution < 1.29 is 9.53 Å². The summed E-state index contributed by atoms with van der Waals surface area (Å²) in [5.74, 6) is 0.805. The van der Waals surface area contributed by atoms with E-state index in [1.165, 1.54) is 0 Å². The van der Waals surface area contributed by atoms with Crippen LogP contribution in [0.4, 0.5) is 4.79 Å². The van der Waals surface area contributed by atoms with Crippen LogP contribution in [0.5, 0.6) is 5.75 Å². The molecule has 0 radical (unpaired) electrons. The number of urea groups is 1. The van der Waals surface area contributed by atoms with E-state index in [0.717, 1.165) is 17.7 Å². The molecule has 114 valence electrons. The third-order valence-electron chi connectivity index (χ3n) is 3.21. The lowest BCUT2D eigenvalue weighted by atomic mass is 10.0. The molecule has 0 aromatic heterocycles. The average molecular weight is 288 g/mol. The zero-order valence-electron chi connectivity index (χ0n) is 12.8. The van der Waals surface area contributed by atoms with Gasteiger partial charge in [-0.2, -0.15) is 0 Å². The lowest BCUT2D eigenvalue weighted by Crippen LogP contribution is -2.41. The number of amides is 2. The summed E-state index contributed by atoms with van der Waals surface area (Å²) >= 11 is 0. The van der Waals surface area contributed by atoms with Crippen molar-refractivity contribution in [2.45, 2.75) is 19.4 Å². The topological polar surface area (TPSA) is 41.6 Å². The van der Waals surface area contributed by atoms with E-state index in [9.17, 15) is 4.79 Å². The third-order valence-corrected chi connectivity index (χ3v) is 3.21. The number of carbonyl (C=O) groups is 1. The summed E-state index contributed by atoms with van der Waals surface area (Å²) in [6.45, 7) is 10.4. The first kappa shape index (κ1) is 16.8. The summed E-state index contributed by atoms with van der Waals surface area (Å²) in [5.41, 5.74) is 1.06. The summed E-state index contributed by atoms with van der Waals surface area (Å²) in [4.78, 5) is 13.9. The van der Waals surface area contributed by atoms with Gasteiger partial charge < -0.3 is 15.0 Å². The Balaban J connectivity index is 2.77. The maximum absolute atomic E-state index is 12.3. The molecule has 2 amide bonds. The Morgan fingerprint density at radius 2 is 1.86 bits per heavy atom. The molecule has 0 aliphatic heterocycles. The van der Waals surface area contributed by atoms with Gasteiger partial charge >= 0.3 is 6.03 Å². The molecular formula is C17H24N2O2. The summed E-state index contributed by atoms with van der Waals surface area (Å²) in [5, 5.41) is 3.04. The van der Waals surface area contributed by atoms with E-state index >= 15 is 0 Å². The fourth-order valence-electron chi connectivity index (χ4n) is 2.05. The number of nitrogens with one attached hydrogen (secondary N) is 1. The molecule has 0 aliphatic rings. The number of benzene rings is 1. The highest BCUT2D eigenvalue weighted by Gasteiger charge is 2.16. The van der Waals surface area contributed by atoms with Crippen molar-refractivity contribution in [2.75, 3.05) is 20.2 Å². The maximum atomic E-state index is 12.3. The SMILES string of the molecule is C=CCN(CC=C)C(=O)NC(CC)c1ccc(OC)cc1. The second-order valence-electron chi connectivity index (χ2n) is 4.67. The van der Waals surface area contributed by atoms with Gasteiger partial charge in [0.1, 0.15) is 5.75 Å². The zero-order chi connectivity index (χ0) is 15.7. The first-order valence-corrected chi connectivity index (χ1v) is 7.07. The molecule has 1 aromatic rings. The van der Waals surface area contributed by atoms with E-state index in [1.807, 2.05) is 31.2 Å². The number of rotatable bonds is 8. The quantitative estimate of drug-likeness (QED) is 0.743. The molecule has 1 N–H and O–H groups in total. The van der Waals surface area contributed by atoms with E-state index in [4.69, 9.17) is 4.74 Å². The van der Waals surface area contributed by atoms with Crippen LogP contribution in [0.2, 0.25) is 0 Å². The van der Waals surface area contributed by atoms with Crippen molar-refractivity contribution in [1.29, 1.82) is 0 Å². The largest absolute Gasteiger partial charge is 0.497 e. The maximum Gasteiger partial charge on any atom is 0.318 e. The lowest BCUT2D eigenvalue weighted by Gasteiger charge is -2.24. The second-order valence-corrected chi connectivity index (χ2v) is 4.67. The highest BCUT2D eigenvalue weighted by Crippen LogP contribution is 2.20. The first-order chi connectivity index (χ1) is 10.2. The molecule has 0 bridgehead atoms. The Hall–Kier alpha value is -2.23. The van der Waals surface area contributed by atoms with Gasteiger partial charge in [-0.15, -0.1) is 13.2 Å². The van der Waals surface area contributed by atoms with E-state index in [2.05, 4.69) is 18.5 Å². The predicted octanol–water partition coefficient (Wildman–Crippen LogP) is 3.53. The van der Waals surface area contributed by atoms with Gasteiger partial charge in [-0.1, -0.05) is 31.2 Å². The molecule has 0 heterocycles. The number of hydrogen-bond donors (Lipinski definition) is 1. The molecule has 0 saturated heterocycles. The highest BCUT2D eigenvalue weighted by atomic mass is 16.5. The lowest BCUT2D eigenvalue weighted by molar-refractivity contribution is 0.203. The molecule has 1 rings (SSSR count). The molecule has 0 fully saturated rings. The van der Waals surface area contributed by atoms with Gasteiger partial charge in [0.2, 0.25) is 0 Å². The number of hydrogen-bond acceptors (Lipinski definition) is 2. The van der Waals surface area contributed by atoms with Gasteiger partial charge in [0.25, 0.3) is 0 Å². The summed E-state index contributed by atoms with van der Waals surface area (Å²) in [6, 6.07) is 7.60. The third kappa shape index (κ3) is 4.99. The predicted molar refractivity (Wildman–Crippen MR) is 86.5 cm³/mol. The van der Waals surface area contributed by atoms with Gasteiger partial charge in [0.05, 0.1) is 13.2 Å². The Kier molecular flexibility index (Phi) is 7.09. The van der Waals surface area contributed by atoms with Crippen LogP contribution < -0.4 is 10.1 Å². The highest BCUT2D eigenvalue weighted by molar-refractivity contribution is 5.75. The monoisotopic (exact) mass is 288 g/mol. The molecule has 4 nitrogen and oxygen atoms in total. The van der Waals surface area contributed by atoms with Gasteiger partial charge in [0.15, 0.2) is 0 Å². The van der Waals surface area contributed by atoms with Gasteiger partial charge in [0, 0.05) is 13.1 Å². The molecule has 21 heavy (non-hydrogen) atoms. The summed E-state index contributed by atoms with van der Waals surface area (Å²) < 4.78 is 5.15. The Morgan fingerprint density at radius 3 is 2.29 bits per heavy atom. The number of carbonyl (C=O) groups excluding carboxylic acids is 1. The first-order valence-electron chi connectivity index (χ1n) is 7.07. The van der Waals surface area contributed by atoms with Crippen molar-refractivity contribution in [1.82, 2.24) is 10.2 Å². The Bertz CT molecular complexity index is 458. The fraction of sp³-hybridized carbons (Fsp3) is 0.353.